The van der Waals surface area contributed by atoms with Crippen LogP contribution in [-0.2, 0) is 11.2 Å². The number of aryl methyl sites for hydroxylation is 1. The molecule has 1 spiro atoms. The summed E-state index contributed by atoms with van der Waals surface area (Å²) in [6, 6.07) is 20.1. The molecular formula is C26H25NO3. The van der Waals surface area contributed by atoms with Gasteiger partial charge in [0.2, 0.25) is 5.91 Å². The molecule has 0 atom stereocenters. The molecule has 0 saturated carbocycles. The van der Waals surface area contributed by atoms with Crippen LogP contribution < -0.4 is 4.74 Å². The van der Waals surface area contributed by atoms with Crippen LogP contribution in [0.25, 0.3) is 10.8 Å². The molecule has 0 unspecified atom stereocenters. The van der Waals surface area contributed by atoms with Gasteiger partial charge in [-0.05, 0) is 35.4 Å². The molecule has 1 saturated heterocycles. The first-order valence-electron chi connectivity index (χ1n) is 10.6. The maximum atomic E-state index is 13.0. The Bertz CT molecular complexity index is 1140. The molecule has 4 nitrogen and oxygen atoms in total. The highest BCUT2D eigenvalue weighted by Gasteiger charge is 2.43. The number of carbonyl (C=O) groups is 2. The topological polar surface area (TPSA) is 46.6 Å². The van der Waals surface area contributed by atoms with Crippen molar-refractivity contribution in [3.8, 4) is 5.75 Å². The quantitative estimate of drug-likeness (QED) is 0.627. The van der Waals surface area contributed by atoms with Crippen molar-refractivity contribution in [2.75, 3.05) is 13.1 Å². The lowest BCUT2D eigenvalue weighted by Gasteiger charge is -2.44. The fourth-order valence-electron chi connectivity index (χ4n) is 4.77. The summed E-state index contributed by atoms with van der Waals surface area (Å²) in [7, 11) is 0. The number of hydrogen-bond donors (Lipinski definition) is 0. The lowest BCUT2D eigenvalue weighted by atomic mass is 9.82. The molecule has 0 radical (unpaired) electrons. The van der Waals surface area contributed by atoms with Gasteiger partial charge in [0.05, 0.1) is 18.4 Å². The number of carbonyl (C=O) groups excluding carboxylic acids is 2. The summed E-state index contributed by atoms with van der Waals surface area (Å²) in [4.78, 5) is 27.7. The number of hydrogen-bond acceptors (Lipinski definition) is 3. The van der Waals surface area contributed by atoms with Crippen molar-refractivity contribution in [3.05, 3.63) is 77.4 Å². The number of likely N-dealkylation sites (tertiary alicyclic amines) is 1. The predicted molar refractivity (Wildman–Crippen MR) is 117 cm³/mol. The Balaban J connectivity index is 1.28. The number of benzene rings is 3. The number of nitrogens with zero attached hydrogens (tertiary/aromatic N) is 1. The van der Waals surface area contributed by atoms with Gasteiger partial charge in [-0.1, -0.05) is 54.1 Å². The summed E-state index contributed by atoms with van der Waals surface area (Å²) < 4.78 is 6.33. The van der Waals surface area contributed by atoms with Gasteiger partial charge in [-0.3, -0.25) is 9.59 Å². The molecular weight excluding hydrogens is 374 g/mol. The van der Waals surface area contributed by atoms with Crippen molar-refractivity contribution in [2.45, 2.75) is 38.2 Å². The Kier molecular flexibility index (Phi) is 4.58. The van der Waals surface area contributed by atoms with E-state index in [4.69, 9.17) is 4.74 Å². The van der Waals surface area contributed by atoms with Crippen molar-refractivity contribution in [1.82, 2.24) is 4.90 Å². The Morgan fingerprint density at radius 3 is 2.63 bits per heavy atom. The van der Waals surface area contributed by atoms with E-state index in [0.717, 1.165) is 21.9 Å². The highest BCUT2D eigenvalue weighted by molar-refractivity contribution is 6.00. The number of ketones is 1. The molecule has 152 valence electrons. The molecule has 1 amide bonds. The Morgan fingerprint density at radius 2 is 1.80 bits per heavy atom. The van der Waals surface area contributed by atoms with Crippen molar-refractivity contribution in [2.24, 2.45) is 0 Å². The normalized spacial score (nSPS) is 17.6. The fraction of sp³-hybridized carbons (Fsp3) is 0.308. The van der Waals surface area contributed by atoms with Gasteiger partial charge in [-0.25, -0.2) is 0 Å². The zero-order chi connectivity index (χ0) is 20.7. The van der Waals surface area contributed by atoms with Gasteiger partial charge in [0, 0.05) is 25.9 Å². The molecule has 2 aliphatic heterocycles. The van der Waals surface area contributed by atoms with Crippen molar-refractivity contribution in [1.29, 1.82) is 0 Å². The summed E-state index contributed by atoms with van der Waals surface area (Å²) >= 11 is 0. The molecule has 2 heterocycles. The van der Waals surface area contributed by atoms with Crippen LogP contribution in [0.1, 0.15) is 40.7 Å². The third-order valence-electron chi connectivity index (χ3n) is 6.49. The highest BCUT2D eigenvalue weighted by Crippen LogP contribution is 2.39. The lowest BCUT2D eigenvalue weighted by molar-refractivity contribution is -0.134. The second-order valence-corrected chi connectivity index (χ2v) is 8.58. The summed E-state index contributed by atoms with van der Waals surface area (Å²) in [5, 5.41) is 2.29. The summed E-state index contributed by atoms with van der Waals surface area (Å²) in [6.45, 7) is 3.23. The van der Waals surface area contributed by atoms with E-state index >= 15 is 0 Å². The molecule has 0 N–H and O–H groups in total. The SMILES string of the molecule is Cc1ccc2c(c1)C(=O)CC1(CCN(C(=O)Cc3cccc4ccccc34)CC1)O2. The second kappa shape index (κ2) is 7.28. The van der Waals surface area contributed by atoms with Crippen LogP contribution in [0, 0.1) is 6.92 Å². The van der Waals surface area contributed by atoms with Crippen LogP contribution in [0.2, 0.25) is 0 Å². The van der Waals surface area contributed by atoms with E-state index in [0.29, 0.717) is 50.1 Å². The number of amides is 1. The largest absolute Gasteiger partial charge is 0.486 e. The minimum Gasteiger partial charge on any atom is -0.486 e. The molecule has 4 heteroatoms. The predicted octanol–water partition coefficient (Wildman–Crippen LogP) is 4.72. The van der Waals surface area contributed by atoms with E-state index in [1.54, 1.807) is 0 Å². The van der Waals surface area contributed by atoms with Crippen LogP contribution >= 0.6 is 0 Å². The van der Waals surface area contributed by atoms with E-state index in [9.17, 15) is 9.59 Å². The van der Waals surface area contributed by atoms with Gasteiger partial charge in [0.15, 0.2) is 5.78 Å². The van der Waals surface area contributed by atoms with Crippen LogP contribution in [0.3, 0.4) is 0 Å². The van der Waals surface area contributed by atoms with E-state index in [2.05, 4.69) is 18.2 Å². The minimum absolute atomic E-state index is 0.138. The fourth-order valence-corrected chi connectivity index (χ4v) is 4.77. The third kappa shape index (κ3) is 3.36. The smallest absolute Gasteiger partial charge is 0.227 e. The summed E-state index contributed by atoms with van der Waals surface area (Å²) in [5.74, 6) is 0.974. The van der Waals surface area contributed by atoms with Crippen LogP contribution in [0.4, 0.5) is 0 Å². The average Bonchev–Trinajstić information content (AvgIpc) is 2.75. The number of ether oxygens (including phenoxy) is 1. The first-order valence-corrected chi connectivity index (χ1v) is 10.6. The third-order valence-corrected chi connectivity index (χ3v) is 6.49. The van der Waals surface area contributed by atoms with Gasteiger partial charge in [-0.2, -0.15) is 0 Å². The standard InChI is InChI=1S/C26H25NO3/c1-18-9-10-24-22(15-18)23(28)17-26(30-24)11-13-27(14-12-26)25(29)16-20-7-4-6-19-5-2-3-8-21(19)20/h2-10,15H,11-14,16-17H2,1H3. The maximum Gasteiger partial charge on any atom is 0.227 e. The maximum absolute atomic E-state index is 13.0. The van der Waals surface area contributed by atoms with Crippen molar-refractivity contribution >= 4 is 22.5 Å². The zero-order valence-corrected chi connectivity index (χ0v) is 17.2. The molecule has 5 rings (SSSR count). The van der Waals surface area contributed by atoms with Crippen LogP contribution in [-0.4, -0.2) is 35.3 Å². The van der Waals surface area contributed by atoms with Crippen molar-refractivity contribution < 1.29 is 14.3 Å². The molecule has 3 aromatic rings. The lowest BCUT2D eigenvalue weighted by Crippen LogP contribution is -2.52. The van der Waals surface area contributed by atoms with E-state index in [1.165, 1.54) is 0 Å². The van der Waals surface area contributed by atoms with Crippen LogP contribution in [0.15, 0.2) is 60.7 Å². The molecule has 1 fully saturated rings. The van der Waals surface area contributed by atoms with Crippen LogP contribution in [0.5, 0.6) is 5.75 Å². The highest BCUT2D eigenvalue weighted by atomic mass is 16.5. The molecule has 30 heavy (non-hydrogen) atoms. The zero-order valence-electron chi connectivity index (χ0n) is 17.2. The number of Topliss-reactive ketones (excluding diaryl/α,β-unsaturated/α-hetero) is 1. The molecule has 3 aromatic carbocycles. The molecule has 0 aliphatic carbocycles. The van der Waals surface area contributed by atoms with E-state index in [1.807, 2.05) is 54.3 Å². The monoisotopic (exact) mass is 399 g/mol. The van der Waals surface area contributed by atoms with Crippen molar-refractivity contribution in [3.63, 3.8) is 0 Å². The number of rotatable bonds is 2. The summed E-state index contributed by atoms with van der Waals surface area (Å²) in [6.07, 6.45) is 2.17. The first kappa shape index (κ1) is 18.9. The van der Waals surface area contributed by atoms with Gasteiger partial charge in [-0.15, -0.1) is 0 Å². The summed E-state index contributed by atoms with van der Waals surface area (Å²) in [5.41, 5.74) is 2.34. The van der Waals surface area contributed by atoms with E-state index < -0.39 is 5.60 Å². The van der Waals surface area contributed by atoms with Gasteiger partial charge < -0.3 is 9.64 Å². The number of piperidine rings is 1. The first-order chi connectivity index (χ1) is 14.5. The molecule has 0 aromatic heterocycles. The number of fused-ring (bicyclic) bond motifs is 2. The molecule has 0 bridgehead atoms. The average molecular weight is 399 g/mol. The Morgan fingerprint density at radius 1 is 1.03 bits per heavy atom. The van der Waals surface area contributed by atoms with E-state index in [-0.39, 0.29) is 11.7 Å². The van der Waals surface area contributed by atoms with Gasteiger partial charge in [0.1, 0.15) is 11.4 Å². The Labute approximate surface area is 176 Å². The van der Waals surface area contributed by atoms with Gasteiger partial charge in [0.25, 0.3) is 0 Å². The Hall–Kier alpha value is -3.14. The van der Waals surface area contributed by atoms with Gasteiger partial charge >= 0.3 is 0 Å². The second-order valence-electron chi connectivity index (χ2n) is 8.58. The minimum atomic E-state index is -0.477. The molecule has 2 aliphatic rings.